The van der Waals surface area contributed by atoms with Crippen molar-refractivity contribution in [1.82, 2.24) is 9.99 Å². The topological polar surface area (TPSA) is 83.7 Å². The third-order valence-electron chi connectivity index (χ3n) is 3.13. The molecule has 2 rings (SSSR count). The molecule has 7 heteroatoms. The summed E-state index contributed by atoms with van der Waals surface area (Å²) in [4.78, 5) is 24.2. The Labute approximate surface area is 138 Å². The summed E-state index contributed by atoms with van der Waals surface area (Å²) in [6.45, 7) is 3.71. The number of aromatic hydroxyl groups is 1. The number of carbonyl (C=O) groups is 1. The number of benzene rings is 1. The summed E-state index contributed by atoms with van der Waals surface area (Å²) in [7, 11) is 0. The monoisotopic (exact) mass is 333 g/mol. The summed E-state index contributed by atoms with van der Waals surface area (Å²) in [5.41, 5.74) is 2.54. The van der Waals surface area contributed by atoms with Gasteiger partial charge < -0.3 is 9.67 Å². The number of hydrogen-bond acceptors (Lipinski definition) is 4. The molecule has 1 amide bonds. The molecule has 1 aromatic carbocycles. The Balaban J connectivity index is 2.14. The zero-order valence-corrected chi connectivity index (χ0v) is 13.4. The number of hydrazone groups is 1. The number of aromatic nitrogens is 1. The Morgan fingerprint density at radius 3 is 2.78 bits per heavy atom. The van der Waals surface area contributed by atoms with Crippen LogP contribution < -0.4 is 11.0 Å². The van der Waals surface area contributed by atoms with E-state index in [0.717, 1.165) is 0 Å². The number of phenolic OH excluding ortho intramolecular Hbond substituents is 1. The second kappa shape index (κ2) is 7.11. The van der Waals surface area contributed by atoms with E-state index in [1.807, 2.05) is 13.8 Å². The van der Waals surface area contributed by atoms with Crippen LogP contribution in [0.25, 0.3) is 0 Å². The number of hydrogen-bond donors (Lipinski definition) is 2. The predicted octanol–water partition coefficient (Wildman–Crippen LogP) is 2.55. The Morgan fingerprint density at radius 2 is 2.13 bits per heavy atom. The van der Waals surface area contributed by atoms with Crippen molar-refractivity contribution in [3.63, 3.8) is 0 Å². The molecule has 0 saturated heterocycles. The number of pyridine rings is 1. The van der Waals surface area contributed by atoms with E-state index in [1.165, 1.54) is 29.0 Å². The molecule has 0 unspecified atom stereocenters. The van der Waals surface area contributed by atoms with Crippen LogP contribution in [0.3, 0.4) is 0 Å². The minimum atomic E-state index is -0.592. The Hall–Kier alpha value is -2.60. The number of phenols is 1. The van der Waals surface area contributed by atoms with Crippen LogP contribution in [0.1, 0.15) is 35.8 Å². The number of nitrogens with zero attached hydrogens (tertiary/aromatic N) is 2. The molecule has 120 valence electrons. The van der Waals surface area contributed by atoms with E-state index >= 15 is 0 Å². The van der Waals surface area contributed by atoms with E-state index in [4.69, 9.17) is 11.6 Å². The molecule has 2 aromatic rings. The summed E-state index contributed by atoms with van der Waals surface area (Å²) < 4.78 is 1.47. The van der Waals surface area contributed by atoms with Gasteiger partial charge in [-0.3, -0.25) is 9.59 Å². The van der Waals surface area contributed by atoms with Gasteiger partial charge in [0, 0.05) is 12.2 Å². The maximum absolute atomic E-state index is 12.2. The van der Waals surface area contributed by atoms with Crippen molar-refractivity contribution in [2.24, 2.45) is 5.10 Å². The second-order valence-corrected chi connectivity index (χ2v) is 5.55. The molecule has 2 N–H and O–H groups in total. The lowest BCUT2D eigenvalue weighted by Crippen LogP contribution is -2.31. The molecule has 1 aromatic heterocycles. The first-order chi connectivity index (χ1) is 10.9. The summed E-state index contributed by atoms with van der Waals surface area (Å²) in [6, 6.07) is 7.55. The van der Waals surface area contributed by atoms with Crippen LogP contribution in [0.2, 0.25) is 5.02 Å². The minimum Gasteiger partial charge on any atom is -0.506 e. The number of rotatable bonds is 4. The Kier molecular flexibility index (Phi) is 5.18. The van der Waals surface area contributed by atoms with Crippen LogP contribution in [0.15, 0.2) is 46.4 Å². The molecule has 0 atom stereocenters. The van der Waals surface area contributed by atoms with Gasteiger partial charge in [-0.1, -0.05) is 11.6 Å². The first-order valence-corrected chi connectivity index (χ1v) is 7.31. The van der Waals surface area contributed by atoms with Gasteiger partial charge in [0.1, 0.15) is 11.3 Å². The van der Waals surface area contributed by atoms with Crippen molar-refractivity contribution in [1.29, 1.82) is 0 Å². The molecular weight excluding hydrogens is 318 g/mol. The molecular formula is C16H16ClN3O3. The van der Waals surface area contributed by atoms with Crippen LogP contribution >= 0.6 is 11.6 Å². The zero-order valence-electron chi connectivity index (χ0n) is 12.7. The molecule has 0 spiro atoms. The van der Waals surface area contributed by atoms with Crippen molar-refractivity contribution in [2.75, 3.05) is 0 Å². The van der Waals surface area contributed by atoms with E-state index in [9.17, 15) is 14.7 Å². The molecule has 0 aliphatic carbocycles. The minimum absolute atomic E-state index is 0.0158. The van der Waals surface area contributed by atoms with E-state index in [1.54, 1.807) is 18.3 Å². The average Bonchev–Trinajstić information content (AvgIpc) is 2.50. The lowest BCUT2D eigenvalue weighted by atomic mass is 10.2. The Morgan fingerprint density at radius 1 is 1.39 bits per heavy atom. The molecule has 0 aliphatic rings. The highest BCUT2D eigenvalue weighted by Gasteiger charge is 2.12. The molecule has 0 radical (unpaired) electrons. The van der Waals surface area contributed by atoms with Crippen molar-refractivity contribution >= 4 is 23.7 Å². The molecule has 1 heterocycles. The van der Waals surface area contributed by atoms with Gasteiger partial charge >= 0.3 is 0 Å². The van der Waals surface area contributed by atoms with Gasteiger partial charge in [0.05, 0.1) is 11.2 Å². The van der Waals surface area contributed by atoms with Crippen LogP contribution in [0.5, 0.6) is 5.75 Å². The van der Waals surface area contributed by atoms with E-state index in [2.05, 4.69) is 10.5 Å². The number of halogens is 1. The molecule has 0 aliphatic heterocycles. The first-order valence-electron chi connectivity index (χ1n) is 6.93. The van der Waals surface area contributed by atoms with Gasteiger partial charge in [-0.2, -0.15) is 5.10 Å². The summed E-state index contributed by atoms with van der Waals surface area (Å²) in [5, 5.41) is 13.3. The van der Waals surface area contributed by atoms with Gasteiger partial charge in [-0.05, 0) is 49.7 Å². The van der Waals surface area contributed by atoms with Gasteiger partial charge in [0.2, 0.25) is 0 Å². The third kappa shape index (κ3) is 3.98. The summed E-state index contributed by atoms with van der Waals surface area (Å²) >= 11 is 5.78. The van der Waals surface area contributed by atoms with Crippen molar-refractivity contribution in [3.8, 4) is 5.75 Å². The number of amides is 1. The number of carbonyl (C=O) groups excluding carboxylic acids is 1. The van der Waals surface area contributed by atoms with Crippen LogP contribution in [-0.2, 0) is 0 Å². The van der Waals surface area contributed by atoms with Gasteiger partial charge in [0.15, 0.2) is 0 Å². The highest BCUT2D eigenvalue weighted by atomic mass is 35.5. The van der Waals surface area contributed by atoms with Crippen LogP contribution in [0.4, 0.5) is 0 Å². The van der Waals surface area contributed by atoms with Crippen molar-refractivity contribution in [3.05, 3.63) is 63.0 Å². The lowest BCUT2D eigenvalue weighted by molar-refractivity contribution is 0.0953. The molecule has 0 bridgehead atoms. The SMILES string of the molecule is CC(C)n1cccc(C(=O)N/N=C\c2ccc(O)c(Cl)c2)c1=O. The average molecular weight is 334 g/mol. The van der Waals surface area contributed by atoms with E-state index < -0.39 is 5.91 Å². The molecule has 0 saturated carbocycles. The van der Waals surface area contributed by atoms with Crippen LogP contribution in [0, 0.1) is 0 Å². The molecule has 23 heavy (non-hydrogen) atoms. The lowest BCUT2D eigenvalue weighted by Gasteiger charge is -2.10. The Bertz CT molecular complexity index is 812. The van der Waals surface area contributed by atoms with Crippen molar-refractivity contribution < 1.29 is 9.90 Å². The normalized spacial score (nSPS) is 11.1. The first kappa shape index (κ1) is 16.8. The highest BCUT2D eigenvalue weighted by molar-refractivity contribution is 6.32. The van der Waals surface area contributed by atoms with Crippen LogP contribution in [-0.4, -0.2) is 21.8 Å². The fourth-order valence-corrected chi connectivity index (χ4v) is 2.11. The smallest absolute Gasteiger partial charge is 0.276 e. The fraction of sp³-hybridized carbons (Fsp3) is 0.188. The highest BCUT2D eigenvalue weighted by Crippen LogP contribution is 2.22. The maximum atomic E-state index is 12.2. The second-order valence-electron chi connectivity index (χ2n) is 5.14. The number of nitrogens with one attached hydrogen (secondary N) is 1. The predicted molar refractivity (Wildman–Crippen MR) is 89.3 cm³/mol. The standard InChI is InChI=1S/C16H16ClN3O3/c1-10(2)20-7-3-4-12(16(20)23)15(22)19-18-9-11-5-6-14(21)13(17)8-11/h3-10,21H,1-2H3,(H,19,22)/b18-9-. The van der Waals surface area contributed by atoms with Crippen molar-refractivity contribution in [2.45, 2.75) is 19.9 Å². The fourth-order valence-electron chi connectivity index (χ4n) is 1.92. The van der Waals surface area contributed by atoms with Gasteiger partial charge in [-0.25, -0.2) is 5.43 Å². The van der Waals surface area contributed by atoms with E-state index in [-0.39, 0.29) is 27.9 Å². The summed E-state index contributed by atoms with van der Waals surface area (Å²) in [6.07, 6.45) is 3.00. The van der Waals surface area contributed by atoms with Gasteiger partial charge in [0.25, 0.3) is 11.5 Å². The third-order valence-corrected chi connectivity index (χ3v) is 3.43. The quantitative estimate of drug-likeness (QED) is 0.666. The summed E-state index contributed by atoms with van der Waals surface area (Å²) in [5.74, 6) is -0.627. The van der Waals surface area contributed by atoms with E-state index in [0.29, 0.717) is 5.56 Å². The van der Waals surface area contributed by atoms with Gasteiger partial charge in [-0.15, -0.1) is 0 Å². The zero-order chi connectivity index (χ0) is 17.0. The maximum Gasteiger partial charge on any atom is 0.276 e. The molecule has 6 nitrogen and oxygen atoms in total. The largest absolute Gasteiger partial charge is 0.506 e. The molecule has 0 fully saturated rings.